The molecule has 3 rings (SSSR count). The molecule has 0 aromatic heterocycles. The van der Waals surface area contributed by atoms with Gasteiger partial charge in [-0.3, -0.25) is 9.59 Å². The summed E-state index contributed by atoms with van der Waals surface area (Å²) in [5, 5.41) is 5.45. The molecule has 116 valence electrons. The Morgan fingerprint density at radius 1 is 1.19 bits per heavy atom. The summed E-state index contributed by atoms with van der Waals surface area (Å²) in [5.41, 5.74) is 0.390. The van der Waals surface area contributed by atoms with Gasteiger partial charge in [-0.25, -0.2) is 13.4 Å². The Kier molecular flexibility index (Phi) is 3.73. The van der Waals surface area contributed by atoms with Crippen LogP contribution in [0, 0.1) is 0 Å². The fraction of sp³-hybridized carbons (Fsp3) is 0.769. The van der Waals surface area contributed by atoms with Gasteiger partial charge < -0.3 is 4.90 Å². The van der Waals surface area contributed by atoms with Crippen molar-refractivity contribution in [3.8, 4) is 0 Å². The fourth-order valence-electron chi connectivity index (χ4n) is 3.08. The lowest BCUT2D eigenvalue weighted by molar-refractivity contribution is -0.134. The number of carbonyl (C=O) groups is 2. The smallest absolute Gasteiger partial charge is 0.270 e. The van der Waals surface area contributed by atoms with E-state index >= 15 is 0 Å². The average molecular weight is 313 g/mol. The van der Waals surface area contributed by atoms with E-state index in [9.17, 15) is 18.0 Å². The third-order valence-electron chi connectivity index (χ3n) is 4.25. The van der Waals surface area contributed by atoms with Crippen LogP contribution in [0.1, 0.15) is 32.1 Å². The Balaban J connectivity index is 1.78. The second-order valence-electron chi connectivity index (χ2n) is 5.84. The van der Waals surface area contributed by atoms with Crippen molar-refractivity contribution in [3.63, 3.8) is 0 Å². The van der Waals surface area contributed by atoms with E-state index < -0.39 is 15.9 Å². The predicted octanol–water partition coefficient (Wildman–Crippen LogP) is -0.226. The highest BCUT2D eigenvalue weighted by Gasteiger charge is 2.38. The number of carbonyl (C=O) groups excluding carboxylic acids is 2. The van der Waals surface area contributed by atoms with E-state index in [1.165, 1.54) is 5.01 Å². The van der Waals surface area contributed by atoms with Crippen LogP contribution in [0.3, 0.4) is 0 Å². The van der Waals surface area contributed by atoms with Gasteiger partial charge in [0.2, 0.25) is 5.91 Å². The molecule has 3 aliphatic heterocycles. The molecule has 0 N–H and O–H groups in total. The van der Waals surface area contributed by atoms with Crippen LogP contribution >= 0.6 is 0 Å². The summed E-state index contributed by atoms with van der Waals surface area (Å²) in [6.07, 6.45) is 2.99. The molecule has 0 bridgehead atoms. The molecule has 1 unspecified atom stereocenters. The summed E-state index contributed by atoms with van der Waals surface area (Å²) >= 11 is 0. The van der Waals surface area contributed by atoms with Crippen molar-refractivity contribution < 1.29 is 18.0 Å². The van der Waals surface area contributed by atoms with Crippen LogP contribution in [0.15, 0.2) is 5.10 Å². The average Bonchev–Trinajstić information content (AvgIpc) is 3.08. The summed E-state index contributed by atoms with van der Waals surface area (Å²) in [7, 11) is -3.08. The Morgan fingerprint density at radius 3 is 2.52 bits per heavy atom. The van der Waals surface area contributed by atoms with Gasteiger partial charge in [-0.1, -0.05) is 0 Å². The number of amides is 2. The summed E-state index contributed by atoms with van der Waals surface area (Å²) in [6, 6.07) is -0.413. The van der Waals surface area contributed by atoms with Crippen molar-refractivity contribution in [1.29, 1.82) is 0 Å². The second-order valence-corrected chi connectivity index (χ2v) is 8.07. The van der Waals surface area contributed by atoms with Crippen molar-refractivity contribution in [3.05, 3.63) is 0 Å². The highest BCUT2D eigenvalue weighted by Crippen LogP contribution is 2.23. The van der Waals surface area contributed by atoms with E-state index in [4.69, 9.17) is 0 Å². The monoisotopic (exact) mass is 313 g/mol. The van der Waals surface area contributed by atoms with Gasteiger partial charge in [0.25, 0.3) is 5.91 Å². The van der Waals surface area contributed by atoms with E-state index in [0.717, 1.165) is 25.9 Å². The molecule has 8 heteroatoms. The molecule has 21 heavy (non-hydrogen) atoms. The molecule has 2 fully saturated rings. The zero-order chi connectivity index (χ0) is 15.0. The van der Waals surface area contributed by atoms with E-state index in [1.807, 2.05) is 0 Å². The molecule has 3 aliphatic rings. The molecule has 0 radical (unpaired) electrons. The number of hydrogen-bond acceptors (Lipinski definition) is 5. The first-order chi connectivity index (χ1) is 9.96. The van der Waals surface area contributed by atoms with Crippen molar-refractivity contribution in [1.82, 2.24) is 9.91 Å². The number of hydrogen-bond donors (Lipinski definition) is 0. The third-order valence-corrected chi connectivity index (χ3v) is 6.00. The molecule has 0 saturated carbocycles. The lowest BCUT2D eigenvalue weighted by atomic mass is 10.1. The van der Waals surface area contributed by atoms with Gasteiger partial charge in [-0.05, 0) is 19.3 Å². The molecule has 3 heterocycles. The number of likely N-dealkylation sites (tertiary alicyclic amines) is 1. The lowest BCUT2D eigenvalue weighted by Crippen LogP contribution is -2.44. The molecule has 0 aromatic rings. The summed E-state index contributed by atoms with van der Waals surface area (Å²) < 4.78 is 23.1. The Bertz CT molecular complexity index is 593. The standard InChI is InChI=1S/C13H19N3O4S/c17-12-4-3-11(13(18)15-6-1-2-7-15)14-16(12)10-5-8-21(19,20)9-10/h10H,1-9H2. The van der Waals surface area contributed by atoms with Gasteiger partial charge in [-0.15, -0.1) is 0 Å². The van der Waals surface area contributed by atoms with Crippen LogP contribution in [-0.4, -0.2) is 66.5 Å². The minimum atomic E-state index is -3.08. The van der Waals surface area contributed by atoms with Gasteiger partial charge >= 0.3 is 0 Å². The molecule has 0 aromatic carbocycles. The van der Waals surface area contributed by atoms with Gasteiger partial charge in [-0.2, -0.15) is 5.10 Å². The Morgan fingerprint density at radius 2 is 1.90 bits per heavy atom. The maximum Gasteiger partial charge on any atom is 0.270 e. The molecule has 0 spiro atoms. The molecule has 2 amide bonds. The van der Waals surface area contributed by atoms with Crippen LogP contribution in [0.5, 0.6) is 0 Å². The number of sulfone groups is 1. The molecule has 1 atom stereocenters. The summed E-state index contributed by atoms with van der Waals surface area (Å²) in [5.74, 6) is -0.249. The van der Waals surface area contributed by atoms with E-state index in [1.54, 1.807) is 4.90 Å². The molecule has 7 nitrogen and oxygen atoms in total. The molecular formula is C13H19N3O4S. The van der Waals surface area contributed by atoms with Crippen LogP contribution in [0.25, 0.3) is 0 Å². The van der Waals surface area contributed by atoms with Crippen molar-refractivity contribution in [2.45, 2.75) is 38.1 Å². The first kappa shape index (κ1) is 14.5. The lowest BCUT2D eigenvalue weighted by Gasteiger charge is -2.28. The first-order valence-electron chi connectivity index (χ1n) is 7.35. The van der Waals surface area contributed by atoms with Gasteiger partial charge in [0, 0.05) is 25.9 Å². The second kappa shape index (κ2) is 5.40. The maximum atomic E-state index is 12.3. The maximum absolute atomic E-state index is 12.3. The number of nitrogens with zero attached hydrogens (tertiary/aromatic N) is 3. The van der Waals surface area contributed by atoms with E-state index in [2.05, 4.69) is 5.10 Å². The van der Waals surface area contributed by atoms with Crippen LogP contribution in [-0.2, 0) is 19.4 Å². The van der Waals surface area contributed by atoms with Crippen molar-refractivity contribution in [2.75, 3.05) is 24.6 Å². The number of rotatable bonds is 2. The Hall–Kier alpha value is -1.44. The largest absolute Gasteiger partial charge is 0.338 e. The van der Waals surface area contributed by atoms with Crippen LogP contribution in [0.4, 0.5) is 0 Å². The predicted molar refractivity (Wildman–Crippen MR) is 76.4 cm³/mol. The summed E-state index contributed by atoms with van der Waals surface area (Å²) in [4.78, 5) is 26.1. The normalized spacial score (nSPS) is 28.9. The summed E-state index contributed by atoms with van der Waals surface area (Å²) in [6.45, 7) is 1.48. The first-order valence-corrected chi connectivity index (χ1v) is 9.18. The zero-order valence-corrected chi connectivity index (χ0v) is 12.6. The topological polar surface area (TPSA) is 87.1 Å². The van der Waals surface area contributed by atoms with Crippen LogP contribution in [0.2, 0.25) is 0 Å². The Labute approximate surface area is 123 Å². The highest BCUT2D eigenvalue weighted by atomic mass is 32.2. The van der Waals surface area contributed by atoms with Crippen molar-refractivity contribution >= 4 is 27.4 Å². The minimum absolute atomic E-state index is 0.0482. The van der Waals surface area contributed by atoms with Crippen molar-refractivity contribution in [2.24, 2.45) is 5.10 Å². The van der Waals surface area contributed by atoms with Crippen LogP contribution < -0.4 is 0 Å². The minimum Gasteiger partial charge on any atom is -0.338 e. The van der Waals surface area contributed by atoms with Gasteiger partial charge in [0.05, 0.1) is 17.5 Å². The SMILES string of the molecule is O=C(C1=NN(C2CCS(=O)(=O)C2)C(=O)CC1)N1CCCC1. The van der Waals surface area contributed by atoms with Gasteiger partial charge in [0.1, 0.15) is 5.71 Å². The molecular weight excluding hydrogens is 294 g/mol. The highest BCUT2D eigenvalue weighted by molar-refractivity contribution is 7.91. The zero-order valence-electron chi connectivity index (χ0n) is 11.8. The quantitative estimate of drug-likeness (QED) is 0.705. The van der Waals surface area contributed by atoms with E-state index in [0.29, 0.717) is 18.6 Å². The molecule has 2 saturated heterocycles. The third kappa shape index (κ3) is 2.95. The van der Waals surface area contributed by atoms with Gasteiger partial charge in [0.15, 0.2) is 9.84 Å². The van der Waals surface area contributed by atoms with E-state index in [-0.39, 0.29) is 29.7 Å². The molecule has 0 aliphatic carbocycles. The fourth-order valence-corrected chi connectivity index (χ4v) is 4.77. The number of hydrazone groups is 1.